The molecule has 2 rings (SSSR count). The van der Waals surface area contributed by atoms with Crippen molar-refractivity contribution in [3.63, 3.8) is 0 Å². The normalized spacial score (nSPS) is 19.0. The molecule has 1 fully saturated rings. The third-order valence-electron chi connectivity index (χ3n) is 3.39. The number of aryl methyl sites for hydroxylation is 1. The molecule has 0 atom stereocenters. The van der Waals surface area contributed by atoms with E-state index in [2.05, 4.69) is 23.7 Å². The number of aromatic nitrogens is 1. The summed E-state index contributed by atoms with van der Waals surface area (Å²) in [6.07, 6.45) is 1.16. The maximum Gasteiger partial charge on any atom is 0.129 e. The highest BCUT2D eigenvalue weighted by molar-refractivity contribution is 8.00. The minimum atomic E-state index is 0.352. The summed E-state index contributed by atoms with van der Waals surface area (Å²) in [5, 5.41) is 0. The van der Waals surface area contributed by atoms with Gasteiger partial charge in [-0.1, -0.05) is 26.1 Å². The second-order valence-corrected chi connectivity index (χ2v) is 7.81. The number of nitrogens with two attached hydrogens (primary N) is 1. The first-order chi connectivity index (χ1) is 8.87. The Morgan fingerprint density at radius 2 is 2.16 bits per heavy atom. The van der Waals surface area contributed by atoms with Crippen molar-refractivity contribution >= 4 is 34.8 Å². The molecule has 0 spiro atoms. The van der Waals surface area contributed by atoms with Gasteiger partial charge in [-0.25, -0.2) is 4.98 Å². The van der Waals surface area contributed by atoms with Gasteiger partial charge in [0.15, 0.2) is 0 Å². The van der Waals surface area contributed by atoms with E-state index in [0.29, 0.717) is 9.74 Å². The first-order valence-corrected chi connectivity index (χ1v) is 7.94. The highest BCUT2D eigenvalue weighted by Crippen LogP contribution is 2.32. The van der Waals surface area contributed by atoms with Crippen LogP contribution in [0.15, 0.2) is 12.1 Å². The number of hydrogen-bond donors (Lipinski definition) is 1. The maximum absolute atomic E-state index is 5.74. The van der Waals surface area contributed by atoms with E-state index in [1.165, 1.54) is 0 Å². The molecule has 1 aliphatic rings. The van der Waals surface area contributed by atoms with Crippen molar-refractivity contribution in [1.29, 1.82) is 0 Å². The van der Waals surface area contributed by atoms with Crippen LogP contribution in [0.25, 0.3) is 0 Å². The van der Waals surface area contributed by atoms with Crippen LogP contribution in [0.1, 0.15) is 31.5 Å². The summed E-state index contributed by atoms with van der Waals surface area (Å²) >= 11 is 7.11. The van der Waals surface area contributed by atoms with Crippen LogP contribution in [0, 0.1) is 6.92 Å². The van der Waals surface area contributed by atoms with Gasteiger partial charge < -0.3 is 10.6 Å². The monoisotopic (exact) mass is 295 g/mol. The molecule has 0 aliphatic carbocycles. The van der Waals surface area contributed by atoms with Gasteiger partial charge in [0.1, 0.15) is 10.8 Å². The first-order valence-electron chi connectivity index (χ1n) is 6.55. The van der Waals surface area contributed by atoms with Crippen LogP contribution in [0.2, 0.25) is 0 Å². The zero-order valence-corrected chi connectivity index (χ0v) is 13.4. The molecule has 0 amide bonds. The summed E-state index contributed by atoms with van der Waals surface area (Å²) in [5.41, 5.74) is 7.62. The fraction of sp³-hybridized carbons (Fsp3) is 0.571. The third kappa shape index (κ3) is 3.83. The molecule has 104 valence electrons. The van der Waals surface area contributed by atoms with Crippen LogP contribution in [0.4, 0.5) is 5.82 Å². The molecule has 3 nitrogen and oxygen atoms in total. The summed E-state index contributed by atoms with van der Waals surface area (Å²) in [5.74, 6) is 2.13. The molecule has 1 aromatic rings. The zero-order valence-electron chi connectivity index (χ0n) is 11.8. The van der Waals surface area contributed by atoms with E-state index >= 15 is 0 Å². The van der Waals surface area contributed by atoms with Gasteiger partial charge in [-0.3, -0.25) is 0 Å². The van der Waals surface area contributed by atoms with Crippen LogP contribution < -0.4 is 10.6 Å². The molecule has 0 saturated carbocycles. The topological polar surface area (TPSA) is 42.1 Å². The van der Waals surface area contributed by atoms with Gasteiger partial charge in [-0.2, -0.15) is 11.8 Å². The van der Waals surface area contributed by atoms with Crippen molar-refractivity contribution < 1.29 is 0 Å². The van der Waals surface area contributed by atoms with Crippen LogP contribution in [-0.4, -0.2) is 33.6 Å². The Morgan fingerprint density at radius 3 is 2.84 bits per heavy atom. The highest BCUT2D eigenvalue weighted by atomic mass is 32.2. The summed E-state index contributed by atoms with van der Waals surface area (Å²) in [6.45, 7) is 8.67. The van der Waals surface area contributed by atoms with E-state index in [9.17, 15) is 0 Å². The molecule has 19 heavy (non-hydrogen) atoms. The summed E-state index contributed by atoms with van der Waals surface area (Å²) in [7, 11) is 0. The molecule has 1 saturated heterocycles. The lowest BCUT2D eigenvalue weighted by atomic mass is 10.1. The predicted molar refractivity (Wildman–Crippen MR) is 88.2 cm³/mol. The number of anilines is 1. The molecule has 0 aromatic carbocycles. The average Bonchev–Trinajstić information content (AvgIpc) is 2.49. The van der Waals surface area contributed by atoms with E-state index in [4.69, 9.17) is 18.0 Å². The van der Waals surface area contributed by atoms with Crippen LogP contribution >= 0.6 is 24.0 Å². The molecular weight excluding hydrogens is 274 g/mol. The SMILES string of the molecule is Cc1cc(C(N)=S)cc(N2CCSC(C)(C)CC2)n1. The highest BCUT2D eigenvalue weighted by Gasteiger charge is 2.24. The summed E-state index contributed by atoms with van der Waals surface area (Å²) < 4.78 is 0.352. The third-order valence-corrected chi connectivity index (χ3v) is 4.99. The summed E-state index contributed by atoms with van der Waals surface area (Å²) in [4.78, 5) is 7.42. The second kappa shape index (κ2) is 5.67. The van der Waals surface area contributed by atoms with Crippen molar-refractivity contribution in [2.24, 2.45) is 5.73 Å². The lowest BCUT2D eigenvalue weighted by Crippen LogP contribution is -2.28. The van der Waals surface area contributed by atoms with Crippen molar-refractivity contribution in [2.45, 2.75) is 31.9 Å². The van der Waals surface area contributed by atoms with Crippen LogP contribution in [0.5, 0.6) is 0 Å². The number of thioether (sulfide) groups is 1. The molecule has 0 unspecified atom stereocenters. The number of hydrogen-bond acceptors (Lipinski definition) is 4. The lowest BCUT2D eigenvalue weighted by molar-refractivity contribution is 0.635. The minimum Gasteiger partial charge on any atom is -0.389 e. The fourth-order valence-electron chi connectivity index (χ4n) is 2.20. The molecule has 1 aromatic heterocycles. The zero-order chi connectivity index (χ0) is 14.0. The minimum absolute atomic E-state index is 0.352. The summed E-state index contributed by atoms with van der Waals surface area (Å²) in [6, 6.07) is 3.96. The van der Waals surface area contributed by atoms with Gasteiger partial charge in [0.2, 0.25) is 0 Å². The van der Waals surface area contributed by atoms with E-state index in [1.807, 2.05) is 30.8 Å². The van der Waals surface area contributed by atoms with Crippen molar-refractivity contribution in [3.05, 3.63) is 23.4 Å². The van der Waals surface area contributed by atoms with Gasteiger partial charge in [0.25, 0.3) is 0 Å². The van der Waals surface area contributed by atoms with Gasteiger partial charge >= 0.3 is 0 Å². The molecule has 2 N–H and O–H groups in total. The molecule has 5 heteroatoms. The van der Waals surface area contributed by atoms with E-state index in [-0.39, 0.29) is 0 Å². The second-order valence-electron chi connectivity index (χ2n) is 5.56. The number of rotatable bonds is 2. The van der Waals surface area contributed by atoms with Gasteiger partial charge in [-0.05, 0) is 25.5 Å². The van der Waals surface area contributed by atoms with Gasteiger partial charge in [0, 0.05) is 34.8 Å². The van der Waals surface area contributed by atoms with E-state index in [0.717, 1.165) is 42.3 Å². The van der Waals surface area contributed by atoms with Crippen molar-refractivity contribution in [3.8, 4) is 0 Å². The lowest BCUT2D eigenvalue weighted by Gasteiger charge is -2.24. The quantitative estimate of drug-likeness (QED) is 0.850. The van der Waals surface area contributed by atoms with E-state index < -0.39 is 0 Å². The Balaban J connectivity index is 2.24. The Bertz CT molecular complexity index is 486. The van der Waals surface area contributed by atoms with Crippen LogP contribution in [-0.2, 0) is 0 Å². The Labute approximate surface area is 125 Å². The number of nitrogens with zero attached hydrogens (tertiary/aromatic N) is 2. The van der Waals surface area contributed by atoms with Crippen molar-refractivity contribution in [1.82, 2.24) is 4.98 Å². The molecule has 0 bridgehead atoms. The van der Waals surface area contributed by atoms with Crippen LogP contribution in [0.3, 0.4) is 0 Å². The Morgan fingerprint density at radius 1 is 1.42 bits per heavy atom. The van der Waals surface area contributed by atoms with E-state index in [1.54, 1.807) is 0 Å². The average molecular weight is 295 g/mol. The van der Waals surface area contributed by atoms with Gasteiger partial charge in [-0.15, -0.1) is 0 Å². The smallest absolute Gasteiger partial charge is 0.129 e. The molecule has 2 heterocycles. The number of pyridine rings is 1. The Kier molecular flexibility index (Phi) is 4.36. The maximum atomic E-state index is 5.74. The van der Waals surface area contributed by atoms with Gasteiger partial charge in [0.05, 0.1) is 0 Å². The fourth-order valence-corrected chi connectivity index (χ4v) is 3.42. The Hall–Kier alpha value is -0.810. The molecular formula is C14H21N3S2. The molecule has 0 radical (unpaired) electrons. The molecule has 1 aliphatic heterocycles. The largest absolute Gasteiger partial charge is 0.389 e. The predicted octanol–water partition coefficient (Wildman–Crippen LogP) is 2.75. The standard InChI is InChI=1S/C14H21N3S2/c1-10-8-11(13(15)18)9-12(16-10)17-5-4-14(2,3)19-7-6-17/h8-9H,4-7H2,1-3H3,(H2,15,18). The van der Waals surface area contributed by atoms with Crippen molar-refractivity contribution in [2.75, 3.05) is 23.7 Å². The number of thiocarbonyl (C=S) groups is 1. The first kappa shape index (κ1) is 14.6.